The minimum absolute atomic E-state index is 0.00155. The van der Waals surface area contributed by atoms with Crippen molar-refractivity contribution < 1.29 is 13.6 Å². The van der Waals surface area contributed by atoms with E-state index in [0.29, 0.717) is 10.0 Å². The average molecular weight is 326 g/mol. The molecule has 5 heteroatoms. The van der Waals surface area contributed by atoms with Crippen molar-refractivity contribution in [2.24, 2.45) is 0 Å². The van der Waals surface area contributed by atoms with Crippen LogP contribution in [0.3, 0.4) is 0 Å². The lowest BCUT2D eigenvalue weighted by Crippen LogP contribution is -2.24. The Kier molecular flexibility index (Phi) is 4.27. The maximum Gasteiger partial charge on any atom is 0.254 e. The number of halogens is 3. The van der Waals surface area contributed by atoms with E-state index in [9.17, 15) is 13.6 Å². The molecule has 0 spiro atoms. The summed E-state index contributed by atoms with van der Waals surface area (Å²) in [6.07, 6.45) is 0. The molecule has 0 saturated carbocycles. The number of benzene rings is 2. The van der Waals surface area contributed by atoms with Crippen LogP contribution < -0.4 is 5.32 Å². The van der Waals surface area contributed by atoms with Crippen molar-refractivity contribution in [3.8, 4) is 0 Å². The molecule has 0 fully saturated rings. The first kappa shape index (κ1) is 13.7. The molecule has 0 heterocycles. The number of hydrogen-bond acceptors (Lipinski definition) is 1. The molecule has 2 aromatic rings. The molecule has 2 aromatic carbocycles. The van der Waals surface area contributed by atoms with Crippen LogP contribution in [0.15, 0.2) is 46.9 Å². The van der Waals surface area contributed by atoms with Crippen molar-refractivity contribution in [1.82, 2.24) is 5.32 Å². The quantitative estimate of drug-likeness (QED) is 0.916. The van der Waals surface area contributed by atoms with Crippen molar-refractivity contribution >= 4 is 21.8 Å². The number of carbonyl (C=O) groups is 1. The highest BCUT2D eigenvalue weighted by Crippen LogP contribution is 2.15. The van der Waals surface area contributed by atoms with E-state index in [1.807, 2.05) is 0 Å². The predicted molar refractivity (Wildman–Crippen MR) is 71.7 cm³/mol. The molecular weight excluding hydrogens is 316 g/mol. The number of rotatable bonds is 3. The fourth-order valence-electron chi connectivity index (χ4n) is 1.59. The van der Waals surface area contributed by atoms with Crippen LogP contribution in [0.4, 0.5) is 8.78 Å². The number of hydrogen-bond donors (Lipinski definition) is 1. The van der Waals surface area contributed by atoms with Crippen molar-refractivity contribution in [1.29, 1.82) is 0 Å². The van der Waals surface area contributed by atoms with Gasteiger partial charge in [0.15, 0.2) is 0 Å². The number of nitrogens with one attached hydrogen (secondary N) is 1. The minimum atomic E-state index is -0.602. The average Bonchev–Trinajstić information content (AvgIpc) is 2.40. The van der Waals surface area contributed by atoms with Gasteiger partial charge in [-0.25, -0.2) is 8.78 Å². The van der Waals surface area contributed by atoms with Crippen LogP contribution in [0.25, 0.3) is 0 Å². The summed E-state index contributed by atoms with van der Waals surface area (Å²) in [7, 11) is 0. The molecule has 0 aliphatic rings. The topological polar surface area (TPSA) is 29.1 Å². The summed E-state index contributed by atoms with van der Waals surface area (Å²) in [4.78, 5) is 11.7. The molecule has 2 rings (SSSR count). The molecule has 0 aliphatic heterocycles. The van der Waals surface area contributed by atoms with Gasteiger partial charge in [-0.15, -0.1) is 0 Å². The van der Waals surface area contributed by atoms with E-state index < -0.39 is 17.5 Å². The third-order valence-corrected chi connectivity index (χ3v) is 3.06. The summed E-state index contributed by atoms with van der Waals surface area (Å²) < 4.78 is 27.5. The Morgan fingerprint density at radius 3 is 2.58 bits per heavy atom. The Balaban J connectivity index is 2.09. The standard InChI is InChI=1S/C14H10BrF2NO/c15-10-5-6-12(16)9(7-10)8-18-14(19)11-3-1-2-4-13(11)17/h1-7H,8H2,(H,18,19). The van der Waals surface area contributed by atoms with Gasteiger partial charge in [0.2, 0.25) is 0 Å². The monoisotopic (exact) mass is 325 g/mol. The minimum Gasteiger partial charge on any atom is -0.348 e. The van der Waals surface area contributed by atoms with E-state index in [-0.39, 0.29) is 12.1 Å². The van der Waals surface area contributed by atoms with E-state index in [2.05, 4.69) is 21.2 Å². The smallest absolute Gasteiger partial charge is 0.254 e. The zero-order valence-electron chi connectivity index (χ0n) is 9.79. The molecule has 0 aromatic heterocycles. The number of carbonyl (C=O) groups excluding carboxylic acids is 1. The lowest BCUT2D eigenvalue weighted by Gasteiger charge is -2.07. The van der Waals surface area contributed by atoms with Crippen LogP contribution in [-0.4, -0.2) is 5.91 Å². The van der Waals surface area contributed by atoms with Crippen LogP contribution >= 0.6 is 15.9 Å². The molecule has 0 unspecified atom stereocenters. The van der Waals surface area contributed by atoms with E-state index in [1.54, 1.807) is 18.2 Å². The summed E-state index contributed by atoms with van der Waals surface area (Å²) in [5.74, 6) is -1.59. The first-order valence-corrected chi connectivity index (χ1v) is 6.34. The summed E-state index contributed by atoms with van der Waals surface area (Å²) in [5.41, 5.74) is 0.275. The Hall–Kier alpha value is -1.75. The molecule has 0 atom stereocenters. The van der Waals surface area contributed by atoms with Crippen LogP contribution in [-0.2, 0) is 6.54 Å². The molecule has 19 heavy (non-hydrogen) atoms. The second kappa shape index (κ2) is 5.93. The Bertz CT molecular complexity index is 616. The molecule has 2 nitrogen and oxygen atoms in total. The Morgan fingerprint density at radius 1 is 1.11 bits per heavy atom. The van der Waals surface area contributed by atoms with Crippen LogP contribution in [0.2, 0.25) is 0 Å². The van der Waals surface area contributed by atoms with Gasteiger partial charge in [-0.05, 0) is 30.3 Å². The number of amides is 1. The van der Waals surface area contributed by atoms with Crippen LogP contribution in [0, 0.1) is 11.6 Å². The van der Waals surface area contributed by atoms with Gasteiger partial charge in [-0.1, -0.05) is 28.1 Å². The predicted octanol–water partition coefficient (Wildman–Crippen LogP) is 3.66. The lowest BCUT2D eigenvalue weighted by atomic mass is 10.1. The first-order valence-electron chi connectivity index (χ1n) is 5.54. The maximum atomic E-state index is 13.5. The van der Waals surface area contributed by atoms with Crippen LogP contribution in [0.5, 0.6) is 0 Å². The SMILES string of the molecule is O=C(NCc1cc(Br)ccc1F)c1ccccc1F. The van der Waals surface area contributed by atoms with Crippen molar-refractivity contribution in [2.45, 2.75) is 6.54 Å². The molecule has 0 radical (unpaired) electrons. The van der Waals surface area contributed by atoms with Gasteiger partial charge in [0.1, 0.15) is 11.6 Å². The highest BCUT2D eigenvalue weighted by Gasteiger charge is 2.11. The highest BCUT2D eigenvalue weighted by molar-refractivity contribution is 9.10. The van der Waals surface area contributed by atoms with Gasteiger partial charge in [-0.3, -0.25) is 4.79 Å². The van der Waals surface area contributed by atoms with Crippen molar-refractivity contribution in [3.63, 3.8) is 0 Å². The van der Waals surface area contributed by atoms with E-state index in [4.69, 9.17) is 0 Å². The molecular formula is C14H10BrF2NO. The second-order valence-corrected chi connectivity index (χ2v) is 4.81. The Labute approximate surface area is 117 Å². The molecule has 98 valence electrons. The van der Waals surface area contributed by atoms with Gasteiger partial charge in [0.25, 0.3) is 5.91 Å². The fourth-order valence-corrected chi connectivity index (χ4v) is 2.00. The van der Waals surface area contributed by atoms with E-state index in [1.165, 1.54) is 24.3 Å². The molecule has 1 amide bonds. The van der Waals surface area contributed by atoms with Gasteiger partial charge in [0, 0.05) is 16.6 Å². The summed E-state index contributed by atoms with van der Waals surface area (Å²) in [6, 6.07) is 10.1. The second-order valence-electron chi connectivity index (χ2n) is 3.90. The zero-order chi connectivity index (χ0) is 13.8. The largest absolute Gasteiger partial charge is 0.348 e. The summed E-state index contributed by atoms with van der Waals surface area (Å²) in [5, 5.41) is 2.48. The normalized spacial score (nSPS) is 10.3. The molecule has 1 N–H and O–H groups in total. The van der Waals surface area contributed by atoms with Crippen molar-refractivity contribution in [3.05, 3.63) is 69.7 Å². The Morgan fingerprint density at radius 2 is 1.84 bits per heavy atom. The molecule has 0 saturated heterocycles. The molecule has 0 bridgehead atoms. The van der Waals surface area contributed by atoms with E-state index in [0.717, 1.165) is 0 Å². The maximum absolute atomic E-state index is 13.5. The highest BCUT2D eigenvalue weighted by atomic mass is 79.9. The third-order valence-electron chi connectivity index (χ3n) is 2.57. The van der Waals surface area contributed by atoms with Gasteiger partial charge < -0.3 is 5.32 Å². The zero-order valence-corrected chi connectivity index (χ0v) is 11.4. The summed E-state index contributed by atoms with van der Waals surface area (Å²) >= 11 is 3.22. The van der Waals surface area contributed by atoms with E-state index >= 15 is 0 Å². The van der Waals surface area contributed by atoms with Crippen molar-refractivity contribution in [2.75, 3.05) is 0 Å². The van der Waals surface area contributed by atoms with Gasteiger partial charge >= 0.3 is 0 Å². The third kappa shape index (κ3) is 3.38. The summed E-state index contributed by atoms with van der Waals surface area (Å²) in [6.45, 7) is -0.00155. The lowest BCUT2D eigenvalue weighted by molar-refractivity contribution is 0.0946. The first-order chi connectivity index (χ1) is 9.08. The van der Waals surface area contributed by atoms with Gasteiger partial charge in [0.05, 0.1) is 5.56 Å². The van der Waals surface area contributed by atoms with Crippen LogP contribution in [0.1, 0.15) is 15.9 Å². The molecule has 0 aliphatic carbocycles. The fraction of sp³-hybridized carbons (Fsp3) is 0.0714. The van der Waals surface area contributed by atoms with Gasteiger partial charge in [-0.2, -0.15) is 0 Å².